The van der Waals surface area contributed by atoms with E-state index in [1.165, 1.54) is 30.6 Å². The molecule has 2 rings (SSSR count). The molecule has 3 atom stereocenters. The van der Waals surface area contributed by atoms with Crippen molar-refractivity contribution < 1.29 is 4.79 Å². The number of carbonyl (C=O) groups excluding carboxylic acids is 1. The summed E-state index contributed by atoms with van der Waals surface area (Å²) in [5.74, 6) is 0.512. The lowest BCUT2D eigenvalue weighted by Gasteiger charge is -2.29. The van der Waals surface area contributed by atoms with Crippen LogP contribution >= 0.6 is 11.3 Å². The Hall–Kier alpha value is -0.940. The third-order valence-corrected chi connectivity index (χ3v) is 4.92. The van der Waals surface area contributed by atoms with Crippen molar-refractivity contribution in [3.05, 3.63) is 16.1 Å². The van der Waals surface area contributed by atoms with Gasteiger partial charge in [-0.3, -0.25) is 4.79 Å². The maximum atomic E-state index is 12.2. The molecule has 0 aliphatic heterocycles. The van der Waals surface area contributed by atoms with E-state index in [1.807, 2.05) is 12.3 Å². The van der Waals surface area contributed by atoms with Gasteiger partial charge in [-0.2, -0.15) is 0 Å². The van der Waals surface area contributed by atoms with Gasteiger partial charge in [-0.15, -0.1) is 11.3 Å². The zero-order valence-electron chi connectivity index (χ0n) is 11.7. The van der Waals surface area contributed by atoms with E-state index < -0.39 is 0 Å². The fourth-order valence-electron chi connectivity index (χ4n) is 2.51. The minimum atomic E-state index is -0.0554. The van der Waals surface area contributed by atoms with Crippen LogP contribution in [0.1, 0.15) is 67.5 Å². The van der Waals surface area contributed by atoms with Crippen molar-refractivity contribution in [3.8, 4) is 0 Å². The Balaban J connectivity index is 1.97. The standard InChI is InChI=1S/C14H23N3OS/c1-3-10(15)14-17-12(8-19-14)13(18)16-11-7-5-4-6-9(11)2/h8-11H,3-7,15H2,1-2H3,(H,16,18). The van der Waals surface area contributed by atoms with E-state index in [0.717, 1.165) is 17.8 Å². The summed E-state index contributed by atoms with van der Waals surface area (Å²) in [4.78, 5) is 16.5. The molecule has 1 heterocycles. The van der Waals surface area contributed by atoms with Gasteiger partial charge in [0.1, 0.15) is 10.7 Å². The molecule has 19 heavy (non-hydrogen) atoms. The number of carbonyl (C=O) groups is 1. The number of rotatable bonds is 4. The summed E-state index contributed by atoms with van der Waals surface area (Å²) in [6.45, 7) is 4.24. The van der Waals surface area contributed by atoms with E-state index in [0.29, 0.717) is 17.7 Å². The van der Waals surface area contributed by atoms with Crippen LogP contribution in [0.5, 0.6) is 0 Å². The lowest BCUT2D eigenvalue weighted by molar-refractivity contribution is 0.0905. The van der Waals surface area contributed by atoms with Crippen molar-refractivity contribution in [2.24, 2.45) is 11.7 Å². The van der Waals surface area contributed by atoms with Gasteiger partial charge in [-0.1, -0.05) is 26.7 Å². The Kier molecular flexibility index (Phi) is 4.93. The first kappa shape index (κ1) is 14.5. The van der Waals surface area contributed by atoms with E-state index in [9.17, 15) is 4.79 Å². The number of nitrogens with zero attached hydrogens (tertiary/aromatic N) is 1. The van der Waals surface area contributed by atoms with Gasteiger partial charge in [0.25, 0.3) is 5.91 Å². The Bertz CT molecular complexity index is 432. The molecular weight excluding hydrogens is 258 g/mol. The van der Waals surface area contributed by atoms with Gasteiger partial charge in [0.15, 0.2) is 0 Å². The van der Waals surface area contributed by atoms with Crippen molar-refractivity contribution >= 4 is 17.2 Å². The molecular formula is C14H23N3OS. The van der Waals surface area contributed by atoms with E-state index >= 15 is 0 Å². The van der Waals surface area contributed by atoms with E-state index in [1.54, 1.807) is 0 Å². The van der Waals surface area contributed by atoms with Crippen molar-refractivity contribution in [3.63, 3.8) is 0 Å². The Morgan fingerprint density at radius 2 is 2.32 bits per heavy atom. The fourth-order valence-corrected chi connectivity index (χ4v) is 3.39. The minimum Gasteiger partial charge on any atom is -0.348 e. The second kappa shape index (κ2) is 6.48. The number of amides is 1. The molecule has 1 amide bonds. The molecule has 4 nitrogen and oxygen atoms in total. The predicted molar refractivity (Wildman–Crippen MR) is 78.2 cm³/mol. The highest BCUT2D eigenvalue weighted by molar-refractivity contribution is 7.09. The number of hydrogen-bond acceptors (Lipinski definition) is 4. The normalized spacial score (nSPS) is 25.0. The van der Waals surface area contributed by atoms with Gasteiger partial charge in [0.2, 0.25) is 0 Å². The topological polar surface area (TPSA) is 68.0 Å². The molecule has 3 unspecified atom stereocenters. The lowest BCUT2D eigenvalue weighted by atomic mass is 9.86. The average Bonchev–Trinajstić information content (AvgIpc) is 2.90. The van der Waals surface area contributed by atoms with Crippen molar-refractivity contribution in [2.75, 3.05) is 0 Å². The number of hydrogen-bond donors (Lipinski definition) is 2. The van der Waals surface area contributed by atoms with E-state index in [4.69, 9.17) is 5.73 Å². The molecule has 1 aliphatic rings. The second-order valence-electron chi connectivity index (χ2n) is 5.43. The second-order valence-corrected chi connectivity index (χ2v) is 6.32. The third-order valence-electron chi connectivity index (χ3n) is 3.94. The smallest absolute Gasteiger partial charge is 0.270 e. The molecule has 0 radical (unpaired) electrons. The first-order valence-electron chi connectivity index (χ1n) is 7.13. The molecule has 1 aromatic rings. The van der Waals surface area contributed by atoms with Gasteiger partial charge in [-0.25, -0.2) is 4.98 Å². The van der Waals surface area contributed by atoms with Gasteiger partial charge in [0.05, 0.1) is 6.04 Å². The summed E-state index contributed by atoms with van der Waals surface area (Å²) in [5.41, 5.74) is 6.45. The Labute approximate surface area is 118 Å². The predicted octanol–water partition coefficient (Wildman–Crippen LogP) is 2.86. The van der Waals surface area contributed by atoms with Crippen LogP contribution in [-0.2, 0) is 0 Å². The lowest BCUT2D eigenvalue weighted by Crippen LogP contribution is -2.41. The van der Waals surface area contributed by atoms with Gasteiger partial charge in [0, 0.05) is 11.4 Å². The minimum absolute atomic E-state index is 0.0513. The van der Waals surface area contributed by atoms with Crippen LogP contribution in [0.25, 0.3) is 0 Å². The number of nitrogens with one attached hydrogen (secondary N) is 1. The molecule has 3 N–H and O–H groups in total. The highest BCUT2D eigenvalue weighted by atomic mass is 32.1. The van der Waals surface area contributed by atoms with Crippen molar-refractivity contribution in [2.45, 2.75) is 58.0 Å². The summed E-state index contributed by atoms with van der Waals surface area (Å²) in [5, 5.41) is 5.78. The van der Waals surface area contributed by atoms with Crippen molar-refractivity contribution in [1.82, 2.24) is 10.3 Å². The Morgan fingerprint density at radius 1 is 1.58 bits per heavy atom. The van der Waals surface area contributed by atoms with Crippen LogP contribution in [0, 0.1) is 5.92 Å². The molecule has 1 saturated carbocycles. The summed E-state index contributed by atoms with van der Waals surface area (Å²) in [6.07, 6.45) is 5.61. The monoisotopic (exact) mass is 281 g/mol. The summed E-state index contributed by atoms with van der Waals surface area (Å²) >= 11 is 1.48. The first-order chi connectivity index (χ1) is 9.11. The van der Waals surface area contributed by atoms with Crippen LogP contribution in [0.2, 0.25) is 0 Å². The van der Waals surface area contributed by atoms with E-state index in [2.05, 4.69) is 17.2 Å². The molecule has 0 aromatic carbocycles. The summed E-state index contributed by atoms with van der Waals surface area (Å²) < 4.78 is 0. The molecule has 106 valence electrons. The maximum absolute atomic E-state index is 12.2. The van der Waals surface area contributed by atoms with Crippen LogP contribution in [0.3, 0.4) is 0 Å². The quantitative estimate of drug-likeness (QED) is 0.891. The molecule has 0 saturated heterocycles. The summed E-state index contributed by atoms with van der Waals surface area (Å²) in [7, 11) is 0. The number of thiazole rings is 1. The molecule has 1 aromatic heterocycles. The zero-order valence-corrected chi connectivity index (χ0v) is 12.5. The maximum Gasteiger partial charge on any atom is 0.270 e. The highest BCUT2D eigenvalue weighted by Crippen LogP contribution is 2.24. The molecule has 1 fully saturated rings. The number of nitrogens with two attached hydrogens (primary N) is 1. The van der Waals surface area contributed by atoms with Crippen LogP contribution in [0.15, 0.2) is 5.38 Å². The van der Waals surface area contributed by atoms with Crippen LogP contribution in [-0.4, -0.2) is 16.9 Å². The number of aromatic nitrogens is 1. The van der Waals surface area contributed by atoms with E-state index in [-0.39, 0.29) is 11.9 Å². The van der Waals surface area contributed by atoms with Crippen LogP contribution in [0.4, 0.5) is 0 Å². The highest BCUT2D eigenvalue weighted by Gasteiger charge is 2.24. The zero-order chi connectivity index (χ0) is 13.8. The largest absolute Gasteiger partial charge is 0.348 e. The van der Waals surface area contributed by atoms with Crippen molar-refractivity contribution in [1.29, 1.82) is 0 Å². The molecule has 0 bridgehead atoms. The Morgan fingerprint density at radius 3 is 3.00 bits per heavy atom. The van der Waals surface area contributed by atoms with Crippen LogP contribution < -0.4 is 11.1 Å². The first-order valence-corrected chi connectivity index (χ1v) is 8.01. The molecule has 5 heteroatoms. The van der Waals surface area contributed by atoms with Gasteiger partial charge in [-0.05, 0) is 25.2 Å². The fraction of sp³-hybridized carbons (Fsp3) is 0.714. The molecule has 1 aliphatic carbocycles. The SMILES string of the molecule is CCC(N)c1nc(C(=O)NC2CCCCC2C)cs1. The third kappa shape index (κ3) is 3.54. The van der Waals surface area contributed by atoms with Gasteiger partial charge < -0.3 is 11.1 Å². The summed E-state index contributed by atoms with van der Waals surface area (Å²) in [6, 6.07) is 0.242. The molecule has 0 spiro atoms. The van der Waals surface area contributed by atoms with Gasteiger partial charge >= 0.3 is 0 Å². The average molecular weight is 281 g/mol.